The predicted octanol–water partition coefficient (Wildman–Crippen LogP) is 3.53. The maximum atomic E-state index is 11.8. The Hall–Kier alpha value is -2.40. The van der Waals surface area contributed by atoms with Crippen LogP contribution in [0.4, 0.5) is 5.69 Å². The van der Waals surface area contributed by atoms with Crippen molar-refractivity contribution >= 4 is 39.5 Å². The number of carbonyl (C=O) groups is 2. The van der Waals surface area contributed by atoms with Crippen LogP contribution >= 0.6 is 15.9 Å². The fourth-order valence-electron chi connectivity index (χ4n) is 1.83. The fourth-order valence-corrected chi connectivity index (χ4v) is 2.22. The van der Waals surface area contributed by atoms with E-state index in [1.165, 1.54) is 6.08 Å². The Morgan fingerprint density at radius 1 is 1.09 bits per heavy atom. The summed E-state index contributed by atoms with van der Waals surface area (Å²) < 4.78 is 0.791. The second kappa shape index (κ2) is 8.29. The van der Waals surface area contributed by atoms with Gasteiger partial charge >= 0.3 is 0 Å². The Kier molecular flexibility index (Phi) is 6.11. The number of carbonyl (C=O) groups excluding carboxylic acids is 2. The third-order valence-corrected chi connectivity index (χ3v) is 3.77. The highest BCUT2D eigenvalue weighted by molar-refractivity contribution is 9.10. The summed E-state index contributed by atoms with van der Waals surface area (Å²) in [7, 11) is 0. The van der Waals surface area contributed by atoms with Gasteiger partial charge in [-0.05, 0) is 46.6 Å². The molecule has 0 heterocycles. The molecule has 0 aliphatic heterocycles. The SMILES string of the molecule is Cc1ccc(/C=C/C(=O)NCC(=O)Nc2ccccc2Br)cc1. The Balaban J connectivity index is 1.81. The Morgan fingerprint density at radius 3 is 2.48 bits per heavy atom. The molecule has 4 nitrogen and oxygen atoms in total. The van der Waals surface area contributed by atoms with Gasteiger partial charge in [0.25, 0.3) is 0 Å². The van der Waals surface area contributed by atoms with Gasteiger partial charge in [0.15, 0.2) is 0 Å². The lowest BCUT2D eigenvalue weighted by Gasteiger charge is -2.07. The van der Waals surface area contributed by atoms with E-state index in [0.717, 1.165) is 15.6 Å². The van der Waals surface area contributed by atoms with Crippen molar-refractivity contribution in [2.75, 3.05) is 11.9 Å². The van der Waals surface area contributed by atoms with E-state index in [0.29, 0.717) is 5.69 Å². The minimum Gasteiger partial charge on any atom is -0.343 e. The highest BCUT2D eigenvalue weighted by Gasteiger charge is 2.05. The molecule has 0 radical (unpaired) electrons. The van der Waals surface area contributed by atoms with E-state index < -0.39 is 0 Å². The molecule has 0 saturated carbocycles. The van der Waals surface area contributed by atoms with Gasteiger partial charge < -0.3 is 10.6 Å². The van der Waals surface area contributed by atoms with Crippen molar-refractivity contribution in [2.45, 2.75) is 6.92 Å². The number of anilines is 1. The standard InChI is InChI=1S/C18H17BrN2O2/c1-13-6-8-14(9-7-13)10-11-17(22)20-12-18(23)21-16-5-3-2-4-15(16)19/h2-11H,12H2,1H3,(H,20,22)(H,21,23)/b11-10+. The average Bonchev–Trinajstić information content (AvgIpc) is 2.54. The number of halogens is 1. The van der Waals surface area contributed by atoms with Gasteiger partial charge in [-0.25, -0.2) is 0 Å². The predicted molar refractivity (Wildman–Crippen MR) is 96.0 cm³/mol. The van der Waals surface area contributed by atoms with Gasteiger partial charge in [-0.1, -0.05) is 42.0 Å². The number of aryl methyl sites for hydroxylation is 1. The molecule has 23 heavy (non-hydrogen) atoms. The van der Waals surface area contributed by atoms with Crippen LogP contribution in [0.3, 0.4) is 0 Å². The Morgan fingerprint density at radius 2 is 1.78 bits per heavy atom. The Bertz CT molecular complexity index is 724. The van der Waals surface area contributed by atoms with Crippen LogP contribution < -0.4 is 10.6 Å². The van der Waals surface area contributed by atoms with Gasteiger partial charge in [-0.3, -0.25) is 9.59 Å². The van der Waals surface area contributed by atoms with Crippen LogP contribution in [0, 0.1) is 6.92 Å². The minimum absolute atomic E-state index is 0.0849. The maximum Gasteiger partial charge on any atom is 0.244 e. The van der Waals surface area contributed by atoms with Gasteiger partial charge in [-0.15, -0.1) is 0 Å². The second-order valence-corrected chi connectivity index (χ2v) is 5.84. The molecule has 0 atom stereocenters. The highest BCUT2D eigenvalue weighted by atomic mass is 79.9. The molecule has 0 bridgehead atoms. The maximum absolute atomic E-state index is 11.8. The molecule has 0 aromatic heterocycles. The minimum atomic E-state index is -0.312. The zero-order valence-corrected chi connectivity index (χ0v) is 14.3. The third kappa shape index (κ3) is 5.71. The second-order valence-electron chi connectivity index (χ2n) is 4.99. The first-order valence-corrected chi connectivity index (χ1v) is 7.91. The van der Waals surface area contributed by atoms with E-state index in [1.807, 2.05) is 49.4 Å². The number of nitrogens with one attached hydrogen (secondary N) is 2. The number of benzene rings is 2. The van der Waals surface area contributed by atoms with Crippen molar-refractivity contribution < 1.29 is 9.59 Å². The molecule has 0 fully saturated rings. The topological polar surface area (TPSA) is 58.2 Å². The number of para-hydroxylation sites is 1. The molecular weight excluding hydrogens is 356 g/mol. The first kappa shape index (κ1) is 17.0. The van der Waals surface area contributed by atoms with E-state index in [4.69, 9.17) is 0 Å². The van der Waals surface area contributed by atoms with E-state index in [2.05, 4.69) is 26.6 Å². The zero-order valence-electron chi connectivity index (χ0n) is 12.7. The first-order chi connectivity index (χ1) is 11.0. The van der Waals surface area contributed by atoms with Crippen LogP contribution in [0.2, 0.25) is 0 Å². The van der Waals surface area contributed by atoms with Crippen molar-refractivity contribution in [1.29, 1.82) is 0 Å². The summed E-state index contributed by atoms with van der Waals surface area (Å²) in [6.45, 7) is 1.92. The summed E-state index contributed by atoms with van der Waals surface area (Å²) in [6, 6.07) is 15.1. The quantitative estimate of drug-likeness (QED) is 0.788. The van der Waals surface area contributed by atoms with E-state index in [-0.39, 0.29) is 18.4 Å². The van der Waals surface area contributed by atoms with Crippen LogP contribution in [0.25, 0.3) is 6.08 Å². The molecule has 0 saturated heterocycles. The number of hydrogen-bond acceptors (Lipinski definition) is 2. The first-order valence-electron chi connectivity index (χ1n) is 7.11. The number of hydrogen-bond donors (Lipinski definition) is 2. The summed E-state index contributed by atoms with van der Waals surface area (Å²) in [4.78, 5) is 23.5. The third-order valence-electron chi connectivity index (χ3n) is 3.08. The van der Waals surface area contributed by atoms with E-state index in [9.17, 15) is 9.59 Å². The van der Waals surface area contributed by atoms with Gasteiger partial charge in [0.1, 0.15) is 0 Å². The summed E-state index contributed by atoms with van der Waals surface area (Å²) in [5, 5.41) is 5.27. The fraction of sp³-hybridized carbons (Fsp3) is 0.111. The van der Waals surface area contributed by atoms with Crippen molar-refractivity contribution in [2.24, 2.45) is 0 Å². The summed E-state index contributed by atoms with van der Waals surface area (Å²) in [5.41, 5.74) is 2.76. The Labute approximate surface area is 143 Å². The lowest BCUT2D eigenvalue weighted by Crippen LogP contribution is -2.31. The summed E-state index contributed by atoms with van der Waals surface area (Å²) >= 11 is 3.35. The van der Waals surface area contributed by atoms with Gasteiger partial charge in [0, 0.05) is 10.5 Å². The molecule has 118 valence electrons. The zero-order chi connectivity index (χ0) is 16.7. The highest BCUT2D eigenvalue weighted by Crippen LogP contribution is 2.20. The van der Waals surface area contributed by atoms with Crippen molar-refractivity contribution in [3.05, 3.63) is 70.2 Å². The number of amides is 2. The van der Waals surface area contributed by atoms with Gasteiger partial charge in [0.05, 0.1) is 12.2 Å². The molecule has 2 aromatic carbocycles. The monoisotopic (exact) mass is 372 g/mol. The largest absolute Gasteiger partial charge is 0.343 e. The van der Waals surface area contributed by atoms with Crippen LogP contribution in [0.15, 0.2) is 59.1 Å². The molecule has 2 rings (SSSR count). The molecule has 0 unspecified atom stereocenters. The molecular formula is C18H17BrN2O2. The molecule has 0 spiro atoms. The molecule has 0 aliphatic carbocycles. The van der Waals surface area contributed by atoms with Crippen molar-refractivity contribution in [3.63, 3.8) is 0 Å². The van der Waals surface area contributed by atoms with E-state index in [1.54, 1.807) is 12.1 Å². The summed E-state index contributed by atoms with van der Waals surface area (Å²) in [6.07, 6.45) is 3.12. The van der Waals surface area contributed by atoms with Crippen LogP contribution in [-0.2, 0) is 9.59 Å². The van der Waals surface area contributed by atoms with Crippen LogP contribution in [0.5, 0.6) is 0 Å². The summed E-state index contributed by atoms with van der Waals surface area (Å²) in [5.74, 6) is -0.596. The van der Waals surface area contributed by atoms with Crippen molar-refractivity contribution in [1.82, 2.24) is 5.32 Å². The van der Waals surface area contributed by atoms with Crippen molar-refractivity contribution in [3.8, 4) is 0 Å². The number of rotatable bonds is 5. The lowest BCUT2D eigenvalue weighted by atomic mass is 10.1. The molecule has 2 N–H and O–H groups in total. The molecule has 0 aliphatic rings. The van der Waals surface area contributed by atoms with Gasteiger partial charge in [-0.2, -0.15) is 0 Å². The normalized spacial score (nSPS) is 10.5. The van der Waals surface area contributed by atoms with Crippen LogP contribution in [0.1, 0.15) is 11.1 Å². The van der Waals surface area contributed by atoms with Gasteiger partial charge in [0.2, 0.25) is 11.8 Å². The average molecular weight is 373 g/mol. The van der Waals surface area contributed by atoms with E-state index >= 15 is 0 Å². The lowest BCUT2D eigenvalue weighted by molar-refractivity contribution is -0.121. The molecule has 2 aromatic rings. The smallest absolute Gasteiger partial charge is 0.244 e. The van der Waals surface area contributed by atoms with Crippen LogP contribution in [-0.4, -0.2) is 18.4 Å². The molecule has 5 heteroatoms. The molecule has 2 amide bonds.